The van der Waals surface area contributed by atoms with Gasteiger partial charge in [0, 0.05) is 0 Å². The summed E-state index contributed by atoms with van der Waals surface area (Å²) < 4.78 is 0. The normalized spacial score (nSPS) is 12.2. The predicted molar refractivity (Wildman–Crippen MR) is 85.1 cm³/mol. The topological polar surface area (TPSA) is 92.4 Å². The molecule has 0 saturated heterocycles. The zero-order valence-corrected chi connectivity index (χ0v) is 13.4. The lowest BCUT2D eigenvalue weighted by molar-refractivity contribution is -0.141. The number of nitrogens with two attached hydrogens (primary N) is 1. The van der Waals surface area contributed by atoms with E-state index in [4.69, 9.17) is 10.8 Å². The summed E-state index contributed by atoms with van der Waals surface area (Å²) in [6.45, 7) is 2.85. The van der Waals surface area contributed by atoms with E-state index in [0.29, 0.717) is 6.54 Å². The molecule has 1 atom stereocenters. The molecule has 0 radical (unpaired) electrons. The van der Waals surface area contributed by atoms with Crippen LogP contribution < -0.4 is 11.1 Å². The third-order valence-electron chi connectivity index (χ3n) is 3.62. The first-order valence-electron chi connectivity index (χ1n) is 8.32. The molecule has 0 aromatic carbocycles. The predicted octanol–water partition coefficient (Wildman–Crippen LogP) is 2.83. The van der Waals surface area contributed by atoms with Gasteiger partial charge >= 0.3 is 5.97 Å². The van der Waals surface area contributed by atoms with E-state index in [9.17, 15) is 9.59 Å². The van der Waals surface area contributed by atoms with Crippen LogP contribution in [-0.2, 0) is 9.59 Å². The number of aliphatic carboxylic acids is 1. The van der Waals surface area contributed by atoms with Crippen LogP contribution in [-0.4, -0.2) is 29.6 Å². The molecule has 0 saturated carbocycles. The van der Waals surface area contributed by atoms with E-state index in [0.717, 1.165) is 12.8 Å². The Morgan fingerprint density at radius 3 is 1.86 bits per heavy atom. The number of carbonyl (C=O) groups is 2. The first-order chi connectivity index (χ1) is 10.1. The highest BCUT2D eigenvalue weighted by atomic mass is 16.4. The molecular weight excluding hydrogens is 268 g/mol. The van der Waals surface area contributed by atoms with Crippen LogP contribution in [0.25, 0.3) is 0 Å². The van der Waals surface area contributed by atoms with Crippen LogP contribution in [0.3, 0.4) is 0 Å². The number of carboxylic acids is 1. The lowest BCUT2D eigenvalue weighted by Gasteiger charge is -2.12. The van der Waals surface area contributed by atoms with Crippen LogP contribution in [0.4, 0.5) is 0 Å². The fourth-order valence-electron chi connectivity index (χ4n) is 2.34. The quantitative estimate of drug-likeness (QED) is 0.405. The lowest BCUT2D eigenvalue weighted by atomic mass is 10.1. The van der Waals surface area contributed by atoms with Crippen molar-refractivity contribution < 1.29 is 14.7 Å². The van der Waals surface area contributed by atoms with Crippen molar-refractivity contribution in [3.63, 3.8) is 0 Å². The van der Waals surface area contributed by atoms with Crippen LogP contribution in [0, 0.1) is 0 Å². The van der Waals surface area contributed by atoms with Crippen LogP contribution in [0.5, 0.6) is 0 Å². The summed E-state index contributed by atoms with van der Waals surface area (Å²) in [7, 11) is 0. The average Bonchev–Trinajstić information content (AvgIpc) is 2.42. The van der Waals surface area contributed by atoms with Gasteiger partial charge in [0.2, 0.25) is 5.91 Å². The molecule has 5 nitrogen and oxygen atoms in total. The summed E-state index contributed by atoms with van der Waals surface area (Å²) in [4.78, 5) is 21.6. The molecule has 0 heterocycles. The van der Waals surface area contributed by atoms with E-state index in [1.807, 2.05) is 0 Å². The largest absolute Gasteiger partial charge is 0.480 e. The van der Waals surface area contributed by atoms with Gasteiger partial charge in [-0.2, -0.15) is 0 Å². The van der Waals surface area contributed by atoms with E-state index in [-0.39, 0.29) is 6.42 Å². The molecule has 0 aliphatic heterocycles. The molecule has 0 aromatic heterocycles. The molecule has 0 bridgehead atoms. The summed E-state index contributed by atoms with van der Waals surface area (Å²) in [5.41, 5.74) is 5.02. The maximum Gasteiger partial charge on any atom is 0.321 e. The Hall–Kier alpha value is -1.10. The lowest BCUT2D eigenvalue weighted by Crippen LogP contribution is -2.40. The molecule has 0 aromatic rings. The van der Waals surface area contributed by atoms with Crippen LogP contribution in [0.2, 0.25) is 0 Å². The van der Waals surface area contributed by atoms with Crippen LogP contribution in [0.1, 0.15) is 77.6 Å². The molecule has 0 rings (SSSR count). The van der Waals surface area contributed by atoms with Crippen molar-refractivity contribution in [3.8, 4) is 0 Å². The Morgan fingerprint density at radius 1 is 0.952 bits per heavy atom. The molecule has 4 N–H and O–H groups in total. The maximum absolute atomic E-state index is 10.9. The fourth-order valence-corrected chi connectivity index (χ4v) is 2.34. The monoisotopic (exact) mass is 300 g/mol. The van der Waals surface area contributed by atoms with Gasteiger partial charge in [-0.3, -0.25) is 9.59 Å². The highest BCUT2D eigenvalue weighted by Crippen LogP contribution is 2.10. The molecular formula is C16H32N2O3. The molecule has 0 aliphatic carbocycles. The van der Waals surface area contributed by atoms with Crippen molar-refractivity contribution in [1.29, 1.82) is 0 Å². The van der Waals surface area contributed by atoms with E-state index in [1.54, 1.807) is 0 Å². The molecule has 0 aliphatic rings. The van der Waals surface area contributed by atoms with Crippen molar-refractivity contribution in [1.82, 2.24) is 5.32 Å². The molecule has 1 amide bonds. The highest BCUT2D eigenvalue weighted by molar-refractivity contribution is 5.83. The van der Waals surface area contributed by atoms with Gasteiger partial charge in [0.05, 0.1) is 6.42 Å². The van der Waals surface area contributed by atoms with Crippen molar-refractivity contribution in [3.05, 3.63) is 0 Å². The van der Waals surface area contributed by atoms with Crippen LogP contribution in [0.15, 0.2) is 0 Å². The Balaban J connectivity index is 3.38. The van der Waals surface area contributed by atoms with Gasteiger partial charge in [-0.05, 0) is 13.0 Å². The minimum Gasteiger partial charge on any atom is -0.480 e. The number of carbonyl (C=O) groups excluding carboxylic acids is 1. The molecule has 0 spiro atoms. The second-order valence-electron chi connectivity index (χ2n) is 5.70. The summed E-state index contributed by atoms with van der Waals surface area (Å²) in [5.74, 6) is -1.60. The van der Waals surface area contributed by atoms with Crippen molar-refractivity contribution >= 4 is 11.9 Å². The number of unbranched alkanes of at least 4 members (excludes halogenated alkanes) is 9. The number of hydrogen-bond donors (Lipinski definition) is 3. The molecule has 0 unspecified atom stereocenters. The minimum atomic E-state index is -1.01. The minimum absolute atomic E-state index is 0.146. The van der Waals surface area contributed by atoms with E-state index >= 15 is 0 Å². The van der Waals surface area contributed by atoms with Gasteiger partial charge in [0.15, 0.2) is 0 Å². The van der Waals surface area contributed by atoms with Gasteiger partial charge in [-0.25, -0.2) is 0 Å². The van der Waals surface area contributed by atoms with E-state index < -0.39 is 17.9 Å². The third kappa shape index (κ3) is 13.6. The fraction of sp³-hybridized carbons (Fsp3) is 0.875. The zero-order chi connectivity index (χ0) is 15.9. The number of hydrogen-bond acceptors (Lipinski definition) is 3. The SMILES string of the molecule is CCCCCCCCCCCCN[C@@H](CC(N)=O)C(=O)O. The second-order valence-corrected chi connectivity index (χ2v) is 5.70. The first-order valence-corrected chi connectivity index (χ1v) is 8.32. The van der Waals surface area contributed by atoms with Crippen LogP contribution >= 0.6 is 0 Å². The number of rotatable bonds is 15. The molecule has 124 valence electrons. The maximum atomic E-state index is 10.9. The number of carboxylic acid groups (broad SMARTS) is 1. The van der Waals surface area contributed by atoms with Gasteiger partial charge in [-0.1, -0.05) is 64.7 Å². The Kier molecular flexibility index (Phi) is 13.1. The van der Waals surface area contributed by atoms with E-state index in [1.165, 1.54) is 51.4 Å². The van der Waals surface area contributed by atoms with Gasteiger partial charge in [0.25, 0.3) is 0 Å². The summed E-state index contributed by atoms with van der Waals surface area (Å²) in [6.07, 6.45) is 12.3. The van der Waals surface area contributed by atoms with Gasteiger partial charge in [-0.15, -0.1) is 0 Å². The zero-order valence-electron chi connectivity index (χ0n) is 13.4. The number of primary amides is 1. The number of amides is 1. The van der Waals surface area contributed by atoms with Gasteiger partial charge < -0.3 is 16.2 Å². The Bertz CT molecular complexity index is 283. The first kappa shape index (κ1) is 19.9. The van der Waals surface area contributed by atoms with E-state index in [2.05, 4.69) is 12.2 Å². The smallest absolute Gasteiger partial charge is 0.321 e. The van der Waals surface area contributed by atoms with Crippen molar-refractivity contribution in [2.24, 2.45) is 5.73 Å². The van der Waals surface area contributed by atoms with Crippen molar-refractivity contribution in [2.75, 3.05) is 6.54 Å². The summed E-state index contributed by atoms with van der Waals surface area (Å²) in [6, 6.07) is -0.846. The number of nitrogens with one attached hydrogen (secondary N) is 1. The molecule has 0 fully saturated rings. The Labute approximate surface area is 128 Å². The van der Waals surface area contributed by atoms with Crippen molar-refractivity contribution in [2.45, 2.75) is 83.6 Å². The standard InChI is InChI=1S/C16H32N2O3/c1-2-3-4-5-6-7-8-9-10-11-12-18-14(16(20)21)13-15(17)19/h14,18H,2-13H2,1H3,(H2,17,19)(H,20,21)/t14-/m0/s1. The molecule has 21 heavy (non-hydrogen) atoms. The summed E-state index contributed by atoms with van der Waals surface area (Å²) in [5, 5.41) is 11.8. The Morgan fingerprint density at radius 2 is 1.43 bits per heavy atom. The third-order valence-corrected chi connectivity index (χ3v) is 3.62. The highest BCUT2D eigenvalue weighted by Gasteiger charge is 2.18. The second kappa shape index (κ2) is 13.9. The summed E-state index contributed by atoms with van der Waals surface area (Å²) >= 11 is 0. The molecule has 5 heteroatoms. The van der Waals surface area contributed by atoms with Gasteiger partial charge in [0.1, 0.15) is 6.04 Å². The average molecular weight is 300 g/mol.